The predicted molar refractivity (Wildman–Crippen MR) is 175 cm³/mol. The first-order valence-corrected chi connectivity index (χ1v) is 16.7. The van der Waals surface area contributed by atoms with Gasteiger partial charge in [0.15, 0.2) is 5.76 Å². The van der Waals surface area contributed by atoms with Gasteiger partial charge >= 0.3 is 5.97 Å². The summed E-state index contributed by atoms with van der Waals surface area (Å²) in [5, 5.41) is 13.5. The number of hydrogen-bond donors (Lipinski definition) is 2. The summed E-state index contributed by atoms with van der Waals surface area (Å²) in [6, 6.07) is 9.12. The highest BCUT2D eigenvalue weighted by molar-refractivity contribution is 7.13. The van der Waals surface area contributed by atoms with Crippen molar-refractivity contribution in [1.82, 2.24) is 19.9 Å². The summed E-state index contributed by atoms with van der Waals surface area (Å²) in [5.74, 6) is -2.17. The van der Waals surface area contributed by atoms with Crippen LogP contribution in [0.15, 0.2) is 45.2 Å². The lowest BCUT2D eigenvalue weighted by Gasteiger charge is -2.30. The van der Waals surface area contributed by atoms with Crippen molar-refractivity contribution in [1.29, 1.82) is 0 Å². The van der Waals surface area contributed by atoms with E-state index in [-0.39, 0.29) is 61.0 Å². The highest BCUT2D eigenvalue weighted by Crippen LogP contribution is 2.31. The number of ether oxygens (including phenoxy) is 1. The predicted octanol–water partition coefficient (Wildman–Crippen LogP) is 4.96. The number of β-amino-alcohol motifs (C(OH)–C–C–N with tert-alkyl or cyclic N) is 1. The zero-order chi connectivity index (χ0) is 33.8. The summed E-state index contributed by atoms with van der Waals surface area (Å²) in [6.45, 7) is 13.2. The third kappa shape index (κ3) is 8.73. The Hall–Kier alpha value is -3.77. The number of aliphatic hydroxyl groups excluding tert-OH is 1. The summed E-state index contributed by atoms with van der Waals surface area (Å²) in [5.41, 5.74) is 3.70. The Kier molecular flexibility index (Phi) is 11.3. The average Bonchev–Trinajstić information content (AvgIpc) is 3.67. The van der Waals surface area contributed by atoms with Gasteiger partial charge in [0.2, 0.25) is 11.8 Å². The second kappa shape index (κ2) is 14.8. The first-order chi connectivity index (χ1) is 21.6. The molecule has 2 amide bonds. The molecule has 1 fully saturated rings. The van der Waals surface area contributed by atoms with Crippen LogP contribution in [0.3, 0.4) is 0 Å². The molecule has 46 heavy (non-hydrogen) atoms. The van der Waals surface area contributed by atoms with Crippen molar-refractivity contribution in [3.8, 4) is 10.4 Å². The van der Waals surface area contributed by atoms with Crippen LogP contribution < -0.4 is 10.9 Å². The fourth-order valence-electron chi connectivity index (χ4n) is 5.66. The third-order valence-corrected chi connectivity index (χ3v) is 9.04. The number of aromatic nitrogens is 2. The van der Waals surface area contributed by atoms with Crippen molar-refractivity contribution < 1.29 is 28.8 Å². The highest BCUT2D eigenvalue weighted by Gasteiger charge is 2.41. The zero-order valence-electron chi connectivity index (χ0n) is 27.7. The number of benzene rings is 1. The van der Waals surface area contributed by atoms with Crippen LogP contribution in [0.2, 0.25) is 0 Å². The summed E-state index contributed by atoms with van der Waals surface area (Å²) in [6.07, 6.45) is -0.0505. The van der Waals surface area contributed by atoms with E-state index >= 15 is 0 Å². The van der Waals surface area contributed by atoms with Crippen LogP contribution >= 0.6 is 11.3 Å². The molecule has 0 saturated carbocycles. The van der Waals surface area contributed by atoms with Gasteiger partial charge in [-0.15, -0.1) is 11.3 Å². The van der Waals surface area contributed by atoms with Crippen molar-refractivity contribution in [3.63, 3.8) is 0 Å². The molecule has 1 aromatic carbocycles. The Balaban J connectivity index is 1.40. The van der Waals surface area contributed by atoms with Crippen LogP contribution in [0.25, 0.3) is 10.4 Å². The van der Waals surface area contributed by atoms with E-state index in [0.29, 0.717) is 12.8 Å². The van der Waals surface area contributed by atoms with Crippen molar-refractivity contribution in [2.75, 3.05) is 6.54 Å². The monoisotopic (exact) mass is 654 g/mol. The van der Waals surface area contributed by atoms with Crippen molar-refractivity contribution >= 4 is 29.1 Å². The number of nitrogens with one attached hydrogen (secondary N) is 1. The number of rotatable bonds is 12. The largest absolute Gasteiger partial charge is 0.460 e. The minimum absolute atomic E-state index is 0.0554. The zero-order valence-corrected chi connectivity index (χ0v) is 28.6. The van der Waals surface area contributed by atoms with Crippen LogP contribution in [0.4, 0.5) is 0 Å². The Morgan fingerprint density at radius 2 is 1.85 bits per heavy atom. The quantitative estimate of drug-likeness (QED) is 0.206. The van der Waals surface area contributed by atoms with Crippen LogP contribution in [0.1, 0.15) is 96.1 Å². The van der Waals surface area contributed by atoms with Crippen LogP contribution in [-0.4, -0.2) is 61.9 Å². The lowest BCUT2D eigenvalue weighted by molar-refractivity contribution is -0.155. The van der Waals surface area contributed by atoms with E-state index in [9.17, 15) is 24.3 Å². The molecule has 1 aliphatic rings. The molecule has 4 atom stereocenters. The number of esters is 1. The summed E-state index contributed by atoms with van der Waals surface area (Å²) < 4.78 is 12.4. The number of nitrogens with zero attached hydrogens (tertiary/aromatic N) is 3. The summed E-state index contributed by atoms with van der Waals surface area (Å²) >= 11 is 1.57. The van der Waals surface area contributed by atoms with E-state index in [1.54, 1.807) is 11.3 Å². The molecule has 12 heteroatoms. The topological polar surface area (TPSA) is 144 Å². The Bertz CT molecular complexity index is 1570. The molecule has 0 spiro atoms. The Labute approximate surface area is 273 Å². The fourth-order valence-corrected chi connectivity index (χ4v) is 6.47. The van der Waals surface area contributed by atoms with Gasteiger partial charge in [0.05, 0.1) is 34.6 Å². The van der Waals surface area contributed by atoms with Gasteiger partial charge in [0, 0.05) is 25.5 Å². The molecule has 4 rings (SSSR count). The van der Waals surface area contributed by atoms with Crippen molar-refractivity contribution in [2.24, 2.45) is 5.92 Å². The maximum absolute atomic E-state index is 13.9. The molecule has 0 aliphatic carbocycles. The van der Waals surface area contributed by atoms with Gasteiger partial charge < -0.3 is 24.6 Å². The van der Waals surface area contributed by atoms with Gasteiger partial charge in [-0.3, -0.25) is 19.2 Å². The number of amides is 2. The molecule has 2 N–H and O–H groups in total. The fraction of sp³-hybridized carbons (Fsp3) is 0.559. The molecule has 250 valence electrons. The van der Waals surface area contributed by atoms with Crippen LogP contribution in [0, 0.1) is 12.8 Å². The number of aliphatic hydroxyl groups is 1. The second-order valence-corrected chi connectivity index (χ2v) is 14.2. The molecular weight excluding hydrogens is 608 g/mol. The summed E-state index contributed by atoms with van der Waals surface area (Å²) in [7, 11) is 0. The molecule has 0 bridgehead atoms. The van der Waals surface area contributed by atoms with E-state index in [0.717, 1.165) is 21.7 Å². The van der Waals surface area contributed by atoms with Crippen molar-refractivity contribution in [2.45, 2.75) is 110 Å². The number of carbonyl (C=O) groups is 3. The minimum Gasteiger partial charge on any atom is -0.460 e. The molecule has 11 nitrogen and oxygen atoms in total. The number of hydrogen-bond acceptors (Lipinski definition) is 9. The van der Waals surface area contributed by atoms with Gasteiger partial charge in [-0.1, -0.05) is 38.1 Å². The van der Waals surface area contributed by atoms with Gasteiger partial charge in [-0.2, -0.15) is 4.74 Å². The molecule has 1 aliphatic heterocycles. The van der Waals surface area contributed by atoms with E-state index in [1.807, 2.05) is 78.2 Å². The number of aryl methyl sites for hydroxylation is 2. The van der Waals surface area contributed by atoms with Gasteiger partial charge in [-0.05, 0) is 64.5 Å². The minimum atomic E-state index is -0.805. The molecule has 1 unspecified atom stereocenters. The average molecular weight is 655 g/mol. The molecule has 0 radical (unpaired) electrons. The smallest absolute Gasteiger partial charge is 0.306 e. The van der Waals surface area contributed by atoms with E-state index < -0.39 is 29.7 Å². The highest BCUT2D eigenvalue weighted by atomic mass is 32.1. The van der Waals surface area contributed by atoms with Crippen molar-refractivity contribution in [3.05, 3.63) is 63.2 Å². The Morgan fingerprint density at radius 3 is 2.46 bits per heavy atom. The van der Waals surface area contributed by atoms with E-state index in [2.05, 4.69) is 10.3 Å². The third-order valence-electron chi connectivity index (χ3n) is 8.06. The van der Waals surface area contributed by atoms with Crippen LogP contribution in [-0.2, 0) is 25.7 Å². The Morgan fingerprint density at radius 1 is 1.15 bits per heavy atom. The number of unbranched alkanes of at least 4 members (excludes halogenated alkanes) is 1. The SMILES string of the molecule is Cc1ncsc1-c1ccc([C@H](C)C(=O)N[C@@H]2C[C@@H](O)CN2C(=O)C(c2cc(=O)n(CCCCC(=O)OC(C)(C)C)o2)C(C)C)cc1. The summed E-state index contributed by atoms with van der Waals surface area (Å²) in [4.78, 5) is 58.9. The second-order valence-electron chi connectivity index (χ2n) is 13.4. The van der Waals surface area contributed by atoms with Crippen LogP contribution in [0.5, 0.6) is 0 Å². The van der Waals surface area contributed by atoms with Gasteiger partial charge in [0.25, 0.3) is 5.56 Å². The van der Waals surface area contributed by atoms with E-state index in [4.69, 9.17) is 9.26 Å². The van der Waals surface area contributed by atoms with E-state index in [1.165, 1.54) is 15.7 Å². The lowest BCUT2D eigenvalue weighted by Crippen LogP contribution is -2.50. The normalized spacial score (nSPS) is 18.1. The maximum Gasteiger partial charge on any atom is 0.306 e. The molecule has 1 saturated heterocycles. The van der Waals surface area contributed by atoms with Gasteiger partial charge in [0.1, 0.15) is 17.7 Å². The standard InChI is InChI=1S/C34H46N4O7S/c1-20(2)30(26-17-28(40)38(45-26)15-9-8-10-29(41)44-34(5,6)7)33(43)37-18-25(39)16-27(37)36-32(42)21(3)23-11-13-24(14-12-23)31-22(4)35-19-46-31/h11-14,17,19-21,25,27,30,39H,8-10,15-16,18H2,1-7H3,(H,36,42)/t21-,25+,27-,30?/m0/s1. The van der Waals surface area contributed by atoms with Gasteiger partial charge in [-0.25, -0.2) is 4.98 Å². The number of carbonyl (C=O) groups excluding carboxylic acids is 3. The lowest BCUT2D eigenvalue weighted by atomic mass is 9.91. The number of likely N-dealkylation sites (tertiary alicyclic amines) is 1. The first-order valence-electron chi connectivity index (χ1n) is 15.9. The molecular formula is C34H46N4O7S. The molecule has 3 heterocycles. The molecule has 2 aromatic heterocycles. The number of thiazole rings is 1. The first kappa shape index (κ1) is 35.1. The maximum atomic E-state index is 13.9. The molecule has 3 aromatic rings.